The van der Waals surface area contributed by atoms with Crippen molar-refractivity contribution < 1.29 is 14.6 Å². The molecular weight excluding hydrogens is 284 g/mol. The van der Waals surface area contributed by atoms with E-state index in [4.69, 9.17) is 5.73 Å². The summed E-state index contributed by atoms with van der Waals surface area (Å²) in [5.74, 6) is -0.148. The van der Waals surface area contributed by atoms with Crippen molar-refractivity contribution in [2.45, 2.75) is 25.4 Å². The Kier molecular flexibility index (Phi) is 4.67. The first-order valence-corrected chi connectivity index (χ1v) is 6.74. The zero-order chi connectivity index (χ0) is 16.2. The van der Waals surface area contributed by atoms with Crippen LogP contribution < -0.4 is 5.73 Å². The maximum absolute atomic E-state index is 11.5. The molecule has 116 valence electrons. The number of ether oxygens (including phenoxy) is 1. The van der Waals surface area contributed by atoms with E-state index in [2.05, 4.69) is 19.7 Å². The highest BCUT2D eigenvalue weighted by molar-refractivity contribution is 5.89. The Labute approximate surface area is 128 Å². The number of aliphatic hydroxyl groups is 1. The van der Waals surface area contributed by atoms with Crippen molar-refractivity contribution in [2.24, 2.45) is 0 Å². The number of hydrogen-bond acceptors (Lipinski definition) is 7. The fraction of sp³-hybridized carbons (Fsp3) is 0.333. The van der Waals surface area contributed by atoms with Crippen molar-refractivity contribution in [3.63, 3.8) is 0 Å². The molecule has 7 heteroatoms. The molecule has 1 unspecified atom stereocenters. The molecular formula is C15H18N4O3. The molecule has 2 aromatic rings. The highest BCUT2D eigenvalue weighted by Crippen LogP contribution is 2.26. The molecule has 2 aromatic heterocycles. The van der Waals surface area contributed by atoms with E-state index in [-0.39, 0.29) is 0 Å². The maximum atomic E-state index is 11.5. The zero-order valence-corrected chi connectivity index (χ0v) is 12.5. The van der Waals surface area contributed by atoms with Crippen LogP contribution in [0, 0.1) is 0 Å². The van der Waals surface area contributed by atoms with E-state index in [0.717, 1.165) is 0 Å². The van der Waals surface area contributed by atoms with Gasteiger partial charge in [-0.15, -0.1) is 0 Å². The fourth-order valence-corrected chi connectivity index (χ4v) is 2.05. The minimum absolute atomic E-state index is 0.327. The monoisotopic (exact) mass is 302 g/mol. The van der Waals surface area contributed by atoms with Gasteiger partial charge in [0.05, 0.1) is 18.3 Å². The van der Waals surface area contributed by atoms with Crippen LogP contribution in [0.25, 0.3) is 0 Å². The zero-order valence-electron chi connectivity index (χ0n) is 12.5. The fourth-order valence-electron chi connectivity index (χ4n) is 2.05. The van der Waals surface area contributed by atoms with Crippen molar-refractivity contribution in [3.8, 4) is 0 Å². The van der Waals surface area contributed by atoms with Crippen molar-refractivity contribution in [3.05, 3.63) is 47.7 Å². The number of aryl methyl sites for hydroxylation is 1. The molecule has 0 aromatic carbocycles. The summed E-state index contributed by atoms with van der Waals surface area (Å²) in [5, 5.41) is 10.5. The molecule has 2 rings (SSSR count). The Bertz CT molecular complexity index is 659. The number of hydrogen-bond donors (Lipinski definition) is 2. The van der Waals surface area contributed by atoms with E-state index in [9.17, 15) is 9.90 Å². The minimum atomic E-state index is -1.10. The van der Waals surface area contributed by atoms with Gasteiger partial charge in [-0.2, -0.15) is 0 Å². The number of carbonyl (C=O) groups is 1. The number of nitrogens with two attached hydrogens (primary N) is 1. The first-order chi connectivity index (χ1) is 10.4. The van der Waals surface area contributed by atoms with E-state index >= 15 is 0 Å². The molecule has 0 amide bonds. The number of methoxy groups -OCH3 is 1. The Hall–Kier alpha value is -2.54. The highest BCUT2D eigenvalue weighted by atomic mass is 16.5. The molecule has 0 aliphatic carbocycles. The minimum Gasteiger partial charge on any atom is -0.465 e. The van der Waals surface area contributed by atoms with E-state index in [1.54, 1.807) is 25.4 Å². The van der Waals surface area contributed by atoms with E-state index in [1.807, 2.05) is 0 Å². The summed E-state index contributed by atoms with van der Waals surface area (Å²) in [4.78, 5) is 23.3. The quantitative estimate of drug-likeness (QED) is 0.795. The van der Waals surface area contributed by atoms with Gasteiger partial charge in [0.2, 0.25) is 0 Å². The lowest BCUT2D eigenvalue weighted by atomic mass is 9.91. The lowest BCUT2D eigenvalue weighted by molar-refractivity contribution is 0.0473. The van der Waals surface area contributed by atoms with Crippen molar-refractivity contribution in [2.75, 3.05) is 12.8 Å². The van der Waals surface area contributed by atoms with Crippen LogP contribution in [0.1, 0.15) is 34.8 Å². The lowest BCUT2D eigenvalue weighted by Gasteiger charge is -2.23. The Morgan fingerprint density at radius 1 is 1.36 bits per heavy atom. The molecule has 0 aliphatic rings. The average molecular weight is 302 g/mol. The molecule has 3 N–H and O–H groups in total. The molecule has 0 saturated heterocycles. The van der Waals surface area contributed by atoms with Crippen LogP contribution in [0.5, 0.6) is 0 Å². The van der Waals surface area contributed by atoms with Gasteiger partial charge in [0, 0.05) is 24.2 Å². The number of rotatable bonds is 5. The standard InChI is InChI=1S/C15H18N4O3/c1-15(21,12-7-17-9-18-8-12)4-3-10-5-11(14(20)22-2)6-19-13(10)16/h5-9,21H,3-4H2,1-2H3,(H2,16,19). The topological polar surface area (TPSA) is 111 Å². The van der Waals surface area contributed by atoms with Crippen molar-refractivity contribution in [1.82, 2.24) is 15.0 Å². The van der Waals surface area contributed by atoms with Crippen molar-refractivity contribution >= 4 is 11.8 Å². The Balaban J connectivity index is 2.16. The Morgan fingerprint density at radius 2 is 2.05 bits per heavy atom. The number of carbonyl (C=O) groups excluding carboxylic acids is 1. The van der Waals surface area contributed by atoms with E-state index in [0.29, 0.717) is 35.3 Å². The van der Waals surface area contributed by atoms with Crippen LogP contribution in [0.2, 0.25) is 0 Å². The first-order valence-electron chi connectivity index (χ1n) is 6.74. The average Bonchev–Trinajstić information content (AvgIpc) is 2.54. The van der Waals surface area contributed by atoms with Gasteiger partial charge in [0.15, 0.2) is 0 Å². The highest BCUT2D eigenvalue weighted by Gasteiger charge is 2.24. The smallest absolute Gasteiger partial charge is 0.339 e. The summed E-state index contributed by atoms with van der Waals surface area (Å²) in [6.07, 6.45) is 6.75. The number of nitrogens with zero attached hydrogens (tertiary/aromatic N) is 3. The first kappa shape index (κ1) is 15.8. The molecule has 22 heavy (non-hydrogen) atoms. The third-order valence-corrected chi connectivity index (χ3v) is 3.49. The van der Waals surface area contributed by atoms with Crippen LogP contribution in [-0.2, 0) is 16.8 Å². The van der Waals surface area contributed by atoms with Crippen LogP contribution in [-0.4, -0.2) is 33.1 Å². The molecule has 0 bridgehead atoms. The summed E-state index contributed by atoms with van der Waals surface area (Å²) in [6, 6.07) is 1.63. The summed E-state index contributed by atoms with van der Waals surface area (Å²) in [5.41, 5.74) is 6.35. The van der Waals surface area contributed by atoms with E-state index in [1.165, 1.54) is 19.6 Å². The predicted molar refractivity (Wildman–Crippen MR) is 79.9 cm³/mol. The maximum Gasteiger partial charge on any atom is 0.339 e. The predicted octanol–water partition coefficient (Wildman–Crippen LogP) is 1.08. The largest absolute Gasteiger partial charge is 0.465 e. The number of esters is 1. The van der Waals surface area contributed by atoms with Gasteiger partial charge >= 0.3 is 5.97 Å². The molecule has 0 radical (unpaired) electrons. The molecule has 0 spiro atoms. The molecule has 1 atom stereocenters. The summed E-state index contributed by atoms with van der Waals surface area (Å²) in [7, 11) is 1.30. The number of anilines is 1. The SMILES string of the molecule is COC(=O)c1cnc(N)c(CCC(C)(O)c2cncnc2)c1. The second-order valence-electron chi connectivity index (χ2n) is 5.16. The third-order valence-electron chi connectivity index (χ3n) is 3.49. The van der Waals surface area contributed by atoms with Gasteiger partial charge < -0.3 is 15.6 Å². The van der Waals surface area contributed by atoms with Crippen molar-refractivity contribution in [1.29, 1.82) is 0 Å². The molecule has 0 saturated carbocycles. The molecule has 0 aliphatic heterocycles. The number of aromatic nitrogens is 3. The van der Waals surface area contributed by atoms with E-state index < -0.39 is 11.6 Å². The van der Waals surface area contributed by atoms with Gasteiger partial charge in [-0.25, -0.2) is 19.7 Å². The second-order valence-corrected chi connectivity index (χ2v) is 5.16. The number of pyridine rings is 1. The summed E-state index contributed by atoms with van der Waals surface area (Å²) < 4.78 is 4.66. The van der Waals surface area contributed by atoms with Crippen LogP contribution in [0.15, 0.2) is 31.0 Å². The number of nitrogen functional groups attached to an aromatic ring is 1. The molecule has 2 heterocycles. The molecule has 7 nitrogen and oxygen atoms in total. The molecule has 0 fully saturated rings. The third kappa shape index (κ3) is 3.56. The summed E-state index contributed by atoms with van der Waals surface area (Å²) >= 11 is 0. The van der Waals surface area contributed by atoms with Crippen LogP contribution >= 0.6 is 0 Å². The van der Waals surface area contributed by atoms with Gasteiger partial charge in [-0.05, 0) is 31.4 Å². The lowest BCUT2D eigenvalue weighted by Crippen LogP contribution is -2.22. The van der Waals surface area contributed by atoms with Gasteiger partial charge in [0.25, 0.3) is 0 Å². The van der Waals surface area contributed by atoms with Gasteiger partial charge in [-0.1, -0.05) is 0 Å². The second kappa shape index (κ2) is 6.48. The van der Waals surface area contributed by atoms with Crippen LogP contribution in [0.3, 0.4) is 0 Å². The van der Waals surface area contributed by atoms with Crippen LogP contribution in [0.4, 0.5) is 5.82 Å². The summed E-state index contributed by atoms with van der Waals surface area (Å²) in [6.45, 7) is 1.68. The Morgan fingerprint density at radius 3 is 2.68 bits per heavy atom. The van der Waals surface area contributed by atoms with Gasteiger partial charge in [-0.3, -0.25) is 0 Å². The normalized spacial score (nSPS) is 13.4. The van der Waals surface area contributed by atoms with Gasteiger partial charge in [0.1, 0.15) is 12.1 Å².